The molecule has 1 saturated heterocycles. The molecule has 1 fully saturated rings. The van der Waals surface area contributed by atoms with E-state index in [4.69, 9.17) is 9.47 Å². The summed E-state index contributed by atoms with van der Waals surface area (Å²) >= 11 is 2.96. The van der Waals surface area contributed by atoms with Crippen LogP contribution in [0.1, 0.15) is 22.3 Å². The van der Waals surface area contributed by atoms with Gasteiger partial charge in [0.15, 0.2) is 11.5 Å². The molecule has 2 amide bonds. The third kappa shape index (κ3) is 5.66. The molecule has 0 aliphatic carbocycles. The van der Waals surface area contributed by atoms with Crippen molar-refractivity contribution in [2.24, 2.45) is 0 Å². The Hall–Kier alpha value is -3.36. The quantitative estimate of drug-likeness (QED) is 0.240. The lowest BCUT2D eigenvalue weighted by atomic mass is 10.1. The SMILES string of the molecule is COc1cc(/C=C2/SC(=O)N(Cc3ccccc3C#N)C2=O)cc(I)c1OCc1ccc(F)cc1. The summed E-state index contributed by atoms with van der Waals surface area (Å²) in [6.45, 7) is 0.262. The van der Waals surface area contributed by atoms with Crippen molar-refractivity contribution in [3.05, 3.63) is 97.2 Å². The number of nitrogens with zero attached hydrogens (tertiary/aromatic N) is 2. The molecule has 35 heavy (non-hydrogen) atoms. The van der Waals surface area contributed by atoms with Crippen LogP contribution in [0.4, 0.5) is 9.18 Å². The first kappa shape index (κ1) is 24.8. The van der Waals surface area contributed by atoms with Crippen LogP contribution in [-0.4, -0.2) is 23.2 Å². The van der Waals surface area contributed by atoms with Crippen LogP contribution in [0.3, 0.4) is 0 Å². The highest BCUT2D eigenvalue weighted by molar-refractivity contribution is 14.1. The predicted molar refractivity (Wildman–Crippen MR) is 139 cm³/mol. The largest absolute Gasteiger partial charge is 0.493 e. The fourth-order valence-electron chi connectivity index (χ4n) is 3.42. The standard InChI is InChI=1S/C26H18FIN2O4S/c1-33-22-11-17(10-21(28)24(22)34-15-16-6-8-20(27)9-7-16)12-23-25(31)30(26(32)35-23)14-19-5-3-2-4-18(19)13-29/h2-12H,14-15H2,1H3/b23-12+. The van der Waals surface area contributed by atoms with Crippen LogP contribution in [0.15, 0.2) is 65.6 Å². The number of imide groups is 1. The van der Waals surface area contributed by atoms with Crippen molar-refractivity contribution in [2.45, 2.75) is 13.2 Å². The van der Waals surface area contributed by atoms with Gasteiger partial charge in [-0.1, -0.05) is 30.3 Å². The number of ether oxygens (including phenoxy) is 2. The van der Waals surface area contributed by atoms with Gasteiger partial charge in [-0.15, -0.1) is 0 Å². The van der Waals surface area contributed by atoms with E-state index >= 15 is 0 Å². The number of rotatable bonds is 7. The minimum Gasteiger partial charge on any atom is -0.493 e. The molecule has 0 saturated carbocycles. The zero-order valence-electron chi connectivity index (χ0n) is 18.5. The van der Waals surface area contributed by atoms with E-state index in [2.05, 4.69) is 28.7 Å². The molecule has 3 aromatic rings. The zero-order valence-corrected chi connectivity index (χ0v) is 21.4. The highest BCUT2D eigenvalue weighted by Gasteiger charge is 2.35. The Morgan fingerprint density at radius 1 is 1.14 bits per heavy atom. The summed E-state index contributed by atoms with van der Waals surface area (Å²) in [5.74, 6) is 0.255. The van der Waals surface area contributed by atoms with Gasteiger partial charge in [0, 0.05) is 0 Å². The second-order valence-corrected chi connectivity index (χ2v) is 9.64. The van der Waals surface area contributed by atoms with Gasteiger partial charge >= 0.3 is 0 Å². The fourth-order valence-corrected chi connectivity index (χ4v) is 5.04. The third-order valence-corrected chi connectivity index (χ3v) is 6.89. The van der Waals surface area contributed by atoms with Gasteiger partial charge in [-0.25, -0.2) is 4.39 Å². The molecule has 9 heteroatoms. The molecule has 0 aromatic heterocycles. The summed E-state index contributed by atoms with van der Waals surface area (Å²) < 4.78 is 25.3. The lowest BCUT2D eigenvalue weighted by molar-refractivity contribution is -0.123. The van der Waals surface area contributed by atoms with Gasteiger partial charge in [0.1, 0.15) is 12.4 Å². The summed E-state index contributed by atoms with van der Waals surface area (Å²) in [5, 5.41) is 8.90. The van der Waals surface area contributed by atoms with E-state index in [1.165, 1.54) is 19.2 Å². The second-order valence-electron chi connectivity index (χ2n) is 7.49. The Balaban J connectivity index is 1.54. The normalized spacial score (nSPS) is 14.3. The number of thioether (sulfide) groups is 1. The molecule has 3 aromatic carbocycles. The third-order valence-electron chi connectivity index (χ3n) is 5.19. The number of methoxy groups -OCH3 is 1. The first-order valence-corrected chi connectivity index (χ1v) is 12.3. The Morgan fingerprint density at radius 3 is 2.60 bits per heavy atom. The van der Waals surface area contributed by atoms with Gasteiger partial charge in [0.05, 0.1) is 33.8 Å². The van der Waals surface area contributed by atoms with Crippen molar-refractivity contribution in [3.63, 3.8) is 0 Å². The van der Waals surface area contributed by atoms with E-state index in [1.807, 2.05) is 6.07 Å². The molecule has 1 heterocycles. The maximum atomic E-state index is 13.1. The predicted octanol–water partition coefficient (Wildman–Crippen LogP) is 6.13. The van der Waals surface area contributed by atoms with Gasteiger partial charge in [-0.2, -0.15) is 5.26 Å². The minimum atomic E-state index is -0.418. The monoisotopic (exact) mass is 600 g/mol. The van der Waals surface area contributed by atoms with Gasteiger partial charge < -0.3 is 9.47 Å². The van der Waals surface area contributed by atoms with E-state index in [1.54, 1.807) is 48.5 Å². The van der Waals surface area contributed by atoms with E-state index in [0.717, 1.165) is 25.8 Å². The van der Waals surface area contributed by atoms with Crippen LogP contribution >= 0.6 is 34.4 Å². The fraction of sp³-hybridized carbons (Fsp3) is 0.115. The number of nitriles is 1. The first-order chi connectivity index (χ1) is 16.9. The van der Waals surface area contributed by atoms with Crippen molar-refractivity contribution in [1.82, 2.24) is 4.90 Å². The Morgan fingerprint density at radius 2 is 1.89 bits per heavy atom. The molecule has 1 aliphatic heterocycles. The van der Waals surface area contributed by atoms with Crippen LogP contribution in [0.25, 0.3) is 6.08 Å². The second kappa shape index (κ2) is 10.9. The highest BCUT2D eigenvalue weighted by atomic mass is 127. The van der Waals surface area contributed by atoms with Crippen molar-refractivity contribution in [2.75, 3.05) is 7.11 Å². The first-order valence-electron chi connectivity index (χ1n) is 10.4. The number of halogens is 2. The van der Waals surface area contributed by atoms with Crippen molar-refractivity contribution in [1.29, 1.82) is 5.26 Å². The lowest BCUT2D eigenvalue weighted by Crippen LogP contribution is -2.27. The average molecular weight is 600 g/mol. The Bertz CT molecular complexity index is 1370. The van der Waals surface area contributed by atoms with E-state index in [-0.39, 0.29) is 23.9 Å². The molecule has 4 rings (SSSR count). The van der Waals surface area contributed by atoms with Gasteiger partial charge in [-0.3, -0.25) is 14.5 Å². The molecule has 1 aliphatic rings. The minimum absolute atomic E-state index is 0.0305. The summed E-state index contributed by atoms with van der Waals surface area (Å²) in [6.07, 6.45) is 1.63. The van der Waals surface area contributed by atoms with Crippen LogP contribution in [0, 0.1) is 20.7 Å². The van der Waals surface area contributed by atoms with Gasteiger partial charge in [-0.05, 0) is 87.5 Å². The number of hydrogen-bond donors (Lipinski definition) is 0. The van der Waals surface area contributed by atoms with E-state index < -0.39 is 11.1 Å². The lowest BCUT2D eigenvalue weighted by Gasteiger charge is -2.14. The molecule has 0 N–H and O–H groups in total. The number of carbonyl (C=O) groups excluding carboxylic acids is 2. The molecular weight excluding hydrogens is 582 g/mol. The molecule has 0 atom stereocenters. The molecule has 0 radical (unpaired) electrons. The smallest absolute Gasteiger partial charge is 0.293 e. The maximum Gasteiger partial charge on any atom is 0.293 e. The Kier molecular flexibility index (Phi) is 7.73. The number of carbonyl (C=O) groups is 2. The van der Waals surface area contributed by atoms with Crippen molar-refractivity contribution >= 4 is 51.6 Å². The summed E-state index contributed by atoms with van der Waals surface area (Å²) in [4.78, 5) is 26.9. The van der Waals surface area contributed by atoms with Gasteiger partial charge in [0.25, 0.3) is 11.1 Å². The maximum absolute atomic E-state index is 13.1. The molecule has 0 spiro atoms. The van der Waals surface area contributed by atoms with Crippen molar-refractivity contribution in [3.8, 4) is 17.6 Å². The molecule has 0 bridgehead atoms. The van der Waals surface area contributed by atoms with E-state index in [0.29, 0.717) is 28.2 Å². The summed E-state index contributed by atoms with van der Waals surface area (Å²) in [6, 6.07) is 18.5. The van der Waals surface area contributed by atoms with Crippen LogP contribution in [0.2, 0.25) is 0 Å². The summed E-state index contributed by atoms with van der Waals surface area (Å²) in [7, 11) is 1.51. The molecule has 176 valence electrons. The average Bonchev–Trinajstić information content (AvgIpc) is 3.11. The van der Waals surface area contributed by atoms with E-state index in [9.17, 15) is 19.2 Å². The zero-order chi connectivity index (χ0) is 24.9. The topological polar surface area (TPSA) is 79.6 Å². The Labute approximate surface area is 219 Å². The van der Waals surface area contributed by atoms with Crippen LogP contribution in [0.5, 0.6) is 11.5 Å². The number of hydrogen-bond acceptors (Lipinski definition) is 6. The summed E-state index contributed by atoms with van der Waals surface area (Å²) in [5.41, 5.74) is 2.51. The number of benzene rings is 3. The number of amides is 2. The van der Waals surface area contributed by atoms with Crippen LogP contribution < -0.4 is 9.47 Å². The molecule has 0 unspecified atom stereocenters. The highest BCUT2D eigenvalue weighted by Crippen LogP contribution is 2.38. The van der Waals surface area contributed by atoms with Gasteiger partial charge in [0.2, 0.25) is 0 Å². The molecular formula is C26H18FIN2O4S. The molecule has 6 nitrogen and oxygen atoms in total. The van der Waals surface area contributed by atoms with Crippen LogP contribution in [-0.2, 0) is 17.9 Å². The van der Waals surface area contributed by atoms with Crippen molar-refractivity contribution < 1.29 is 23.5 Å².